The smallest absolute Gasteiger partial charge is 0.0776 e. The van der Waals surface area contributed by atoms with Gasteiger partial charge < -0.3 is 5.32 Å². The van der Waals surface area contributed by atoms with E-state index in [2.05, 4.69) is 61.4 Å². The number of pyridine rings is 1. The van der Waals surface area contributed by atoms with Crippen molar-refractivity contribution in [3.05, 3.63) is 48.2 Å². The Kier molecular flexibility index (Phi) is 4.69. The summed E-state index contributed by atoms with van der Waals surface area (Å²) >= 11 is 0. The van der Waals surface area contributed by atoms with Crippen LogP contribution in [0.4, 0.5) is 0 Å². The lowest BCUT2D eigenvalue weighted by Crippen LogP contribution is -2.23. The second-order valence-corrected chi connectivity index (χ2v) is 5.17. The average Bonchev–Trinajstić information content (AvgIpc) is 2.42. The molecule has 1 aromatic heterocycles. The van der Waals surface area contributed by atoms with E-state index in [9.17, 15) is 0 Å². The topological polar surface area (TPSA) is 24.9 Å². The van der Waals surface area contributed by atoms with Gasteiger partial charge in [0.05, 0.1) is 5.52 Å². The molecule has 0 atom stereocenters. The van der Waals surface area contributed by atoms with Gasteiger partial charge in [0.2, 0.25) is 0 Å². The molecular weight excluding hydrogens is 232 g/mol. The second-order valence-electron chi connectivity index (χ2n) is 5.17. The molecule has 0 radical (unpaired) electrons. The van der Waals surface area contributed by atoms with Crippen LogP contribution in [0.3, 0.4) is 0 Å². The minimum absolute atomic E-state index is 0.549. The van der Waals surface area contributed by atoms with Crippen LogP contribution in [0, 0.1) is 0 Å². The summed E-state index contributed by atoms with van der Waals surface area (Å²) in [5.41, 5.74) is 3.63. The number of hydrogen-bond acceptors (Lipinski definition) is 2. The molecule has 1 aromatic carbocycles. The molecule has 100 valence electrons. The van der Waals surface area contributed by atoms with Gasteiger partial charge >= 0.3 is 0 Å². The number of nitrogens with zero attached hydrogens (tertiary/aromatic N) is 1. The molecule has 0 saturated heterocycles. The summed E-state index contributed by atoms with van der Waals surface area (Å²) in [6.07, 6.45) is 5.20. The molecule has 0 spiro atoms. The molecule has 0 bridgehead atoms. The van der Waals surface area contributed by atoms with E-state index >= 15 is 0 Å². The fraction of sp³-hybridized carbons (Fsp3) is 0.353. The Balaban J connectivity index is 2.17. The van der Waals surface area contributed by atoms with E-state index in [1.165, 1.54) is 16.5 Å². The summed E-state index contributed by atoms with van der Waals surface area (Å²) in [4.78, 5) is 4.50. The maximum atomic E-state index is 4.50. The molecule has 0 aliphatic carbocycles. The van der Waals surface area contributed by atoms with Gasteiger partial charge in [-0.25, -0.2) is 0 Å². The highest BCUT2D eigenvalue weighted by Crippen LogP contribution is 2.23. The molecular formula is C17H22N2. The van der Waals surface area contributed by atoms with Gasteiger partial charge in [-0.3, -0.25) is 4.98 Å². The van der Waals surface area contributed by atoms with Crippen LogP contribution < -0.4 is 5.32 Å². The number of benzene rings is 1. The molecule has 1 heterocycles. The minimum Gasteiger partial charge on any atom is -0.314 e. The van der Waals surface area contributed by atoms with Crippen LogP contribution in [-0.2, 0) is 0 Å². The monoisotopic (exact) mass is 254 g/mol. The van der Waals surface area contributed by atoms with Crippen LogP contribution in [0.2, 0.25) is 0 Å². The van der Waals surface area contributed by atoms with Gasteiger partial charge in [0.15, 0.2) is 0 Å². The van der Waals surface area contributed by atoms with Gasteiger partial charge in [0, 0.05) is 23.2 Å². The van der Waals surface area contributed by atoms with Gasteiger partial charge in [-0.05, 0) is 31.5 Å². The lowest BCUT2D eigenvalue weighted by Gasteiger charge is -2.08. The number of para-hydroxylation sites is 1. The van der Waals surface area contributed by atoms with Crippen molar-refractivity contribution in [1.29, 1.82) is 0 Å². The van der Waals surface area contributed by atoms with E-state index in [1.54, 1.807) is 0 Å². The Morgan fingerprint density at radius 2 is 2.05 bits per heavy atom. The first-order chi connectivity index (χ1) is 9.18. The van der Waals surface area contributed by atoms with Gasteiger partial charge in [-0.2, -0.15) is 0 Å². The third kappa shape index (κ3) is 3.65. The zero-order valence-electron chi connectivity index (χ0n) is 12.0. The van der Waals surface area contributed by atoms with Crippen molar-refractivity contribution in [2.45, 2.75) is 33.2 Å². The summed E-state index contributed by atoms with van der Waals surface area (Å²) in [7, 11) is 0. The Hall–Kier alpha value is -1.67. The summed E-state index contributed by atoms with van der Waals surface area (Å²) in [6, 6.07) is 11.0. The Morgan fingerprint density at radius 1 is 1.26 bits per heavy atom. The molecule has 2 heteroatoms. The van der Waals surface area contributed by atoms with Crippen LogP contribution in [0.15, 0.2) is 42.6 Å². The third-order valence-electron chi connectivity index (χ3n) is 3.21. The first kappa shape index (κ1) is 13.8. The number of fused-ring (bicyclic) bond motifs is 1. The molecule has 0 amide bonds. The minimum atomic E-state index is 0.549. The standard InChI is InChI=1S/C17H22N2/c1-13(2)18-11-5-7-14(3)16-10-4-8-15-9-6-12-19-17(15)16/h4,6-10,12-13,18H,5,11H2,1-3H3/b14-7-. The van der Waals surface area contributed by atoms with Crippen LogP contribution >= 0.6 is 0 Å². The zero-order valence-corrected chi connectivity index (χ0v) is 12.0. The molecule has 2 aromatic rings. The highest BCUT2D eigenvalue weighted by Gasteiger charge is 2.02. The van der Waals surface area contributed by atoms with E-state index in [-0.39, 0.29) is 0 Å². The maximum absolute atomic E-state index is 4.50. The van der Waals surface area contributed by atoms with Crippen molar-refractivity contribution < 1.29 is 0 Å². The van der Waals surface area contributed by atoms with Crippen LogP contribution in [0.1, 0.15) is 32.8 Å². The van der Waals surface area contributed by atoms with Gasteiger partial charge in [-0.15, -0.1) is 0 Å². The normalized spacial score (nSPS) is 12.3. The van der Waals surface area contributed by atoms with Gasteiger partial charge in [-0.1, -0.05) is 44.2 Å². The predicted molar refractivity (Wildman–Crippen MR) is 83.1 cm³/mol. The molecule has 0 unspecified atom stereocenters. The molecule has 0 aliphatic heterocycles. The summed E-state index contributed by atoms with van der Waals surface area (Å²) in [5.74, 6) is 0. The van der Waals surface area contributed by atoms with E-state index in [1.807, 2.05) is 12.3 Å². The van der Waals surface area contributed by atoms with Crippen molar-refractivity contribution >= 4 is 16.5 Å². The molecule has 2 nitrogen and oxygen atoms in total. The second kappa shape index (κ2) is 6.48. The number of hydrogen-bond donors (Lipinski definition) is 1. The number of allylic oxidation sites excluding steroid dienone is 1. The van der Waals surface area contributed by atoms with Crippen LogP contribution in [0.5, 0.6) is 0 Å². The highest BCUT2D eigenvalue weighted by atomic mass is 14.9. The lowest BCUT2D eigenvalue weighted by molar-refractivity contribution is 0.595. The van der Waals surface area contributed by atoms with Crippen molar-refractivity contribution in [1.82, 2.24) is 10.3 Å². The molecule has 0 saturated carbocycles. The average molecular weight is 254 g/mol. The SMILES string of the molecule is C/C(=C/CCNC(C)C)c1cccc2cccnc12. The van der Waals surface area contributed by atoms with E-state index in [4.69, 9.17) is 0 Å². The van der Waals surface area contributed by atoms with E-state index < -0.39 is 0 Å². The van der Waals surface area contributed by atoms with E-state index in [0.29, 0.717) is 6.04 Å². The molecule has 2 rings (SSSR count). The number of nitrogens with one attached hydrogen (secondary N) is 1. The van der Waals surface area contributed by atoms with Crippen molar-refractivity contribution in [2.24, 2.45) is 0 Å². The zero-order chi connectivity index (χ0) is 13.7. The van der Waals surface area contributed by atoms with Crippen molar-refractivity contribution in [2.75, 3.05) is 6.54 Å². The van der Waals surface area contributed by atoms with E-state index in [0.717, 1.165) is 18.5 Å². The van der Waals surface area contributed by atoms with Crippen molar-refractivity contribution in [3.8, 4) is 0 Å². The maximum Gasteiger partial charge on any atom is 0.0776 e. The fourth-order valence-corrected chi connectivity index (χ4v) is 2.19. The molecule has 1 N–H and O–H groups in total. The summed E-state index contributed by atoms with van der Waals surface area (Å²) in [5, 5.41) is 4.63. The third-order valence-corrected chi connectivity index (χ3v) is 3.21. The first-order valence-corrected chi connectivity index (χ1v) is 6.93. The largest absolute Gasteiger partial charge is 0.314 e. The highest BCUT2D eigenvalue weighted by molar-refractivity contribution is 5.90. The quantitative estimate of drug-likeness (QED) is 0.815. The summed E-state index contributed by atoms with van der Waals surface area (Å²) in [6.45, 7) is 7.53. The Bertz CT molecular complexity index is 565. The first-order valence-electron chi connectivity index (χ1n) is 6.93. The predicted octanol–water partition coefficient (Wildman–Crippen LogP) is 4.03. The van der Waals surface area contributed by atoms with Crippen molar-refractivity contribution in [3.63, 3.8) is 0 Å². The van der Waals surface area contributed by atoms with Gasteiger partial charge in [0.1, 0.15) is 0 Å². The van der Waals surface area contributed by atoms with Crippen LogP contribution in [-0.4, -0.2) is 17.6 Å². The van der Waals surface area contributed by atoms with Crippen LogP contribution in [0.25, 0.3) is 16.5 Å². The molecule has 0 aliphatic rings. The molecule has 19 heavy (non-hydrogen) atoms. The fourth-order valence-electron chi connectivity index (χ4n) is 2.19. The van der Waals surface area contributed by atoms with Gasteiger partial charge in [0.25, 0.3) is 0 Å². The summed E-state index contributed by atoms with van der Waals surface area (Å²) < 4.78 is 0. The lowest BCUT2D eigenvalue weighted by atomic mass is 10.0. The number of rotatable bonds is 5. The number of aromatic nitrogens is 1. The Morgan fingerprint density at radius 3 is 2.84 bits per heavy atom. The molecule has 0 fully saturated rings. The Labute approximate surface area is 115 Å².